The second-order valence-electron chi connectivity index (χ2n) is 7.09. The van der Waals surface area contributed by atoms with Crippen molar-refractivity contribution in [3.63, 3.8) is 0 Å². The first-order valence-electron chi connectivity index (χ1n) is 9.57. The standard InChI is InChI=1S/C20H20F4N4O3S/c1-3-15(21)32(30,31)9-8-25-18-16-17(27-11-28(2)19(16)29)14(10-26-18)12-4-6-13(7-5-12)20(22,23)24/h4-7,10-11,15H,3,8-9H2,1-2H3,(H,25,26). The van der Waals surface area contributed by atoms with Gasteiger partial charge in [0, 0.05) is 25.4 Å². The third kappa shape index (κ3) is 4.74. The minimum absolute atomic E-state index is 0.0390. The number of aromatic nitrogens is 3. The number of benzene rings is 1. The van der Waals surface area contributed by atoms with E-state index in [9.17, 15) is 30.8 Å². The van der Waals surface area contributed by atoms with Crippen LogP contribution < -0.4 is 10.9 Å². The lowest BCUT2D eigenvalue weighted by Crippen LogP contribution is -2.25. The third-order valence-corrected chi connectivity index (χ3v) is 6.74. The van der Waals surface area contributed by atoms with Crippen LogP contribution in [0.5, 0.6) is 0 Å². The fourth-order valence-corrected chi connectivity index (χ4v) is 4.24. The van der Waals surface area contributed by atoms with E-state index in [1.807, 2.05) is 0 Å². The van der Waals surface area contributed by atoms with Gasteiger partial charge in [-0.05, 0) is 24.1 Å². The lowest BCUT2D eigenvalue weighted by molar-refractivity contribution is -0.137. The van der Waals surface area contributed by atoms with Crippen molar-refractivity contribution in [1.82, 2.24) is 14.5 Å². The van der Waals surface area contributed by atoms with Crippen LogP contribution in [0, 0.1) is 0 Å². The second-order valence-corrected chi connectivity index (χ2v) is 9.34. The van der Waals surface area contributed by atoms with Crippen molar-refractivity contribution < 1.29 is 26.0 Å². The molecule has 1 N–H and O–H groups in total. The molecule has 0 saturated carbocycles. The van der Waals surface area contributed by atoms with Crippen molar-refractivity contribution in [2.24, 2.45) is 7.05 Å². The summed E-state index contributed by atoms with van der Waals surface area (Å²) in [4.78, 5) is 21.1. The predicted octanol–water partition coefficient (Wildman–Crippen LogP) is 3.55. The van der Waals surface area contributed by atoms with E-state index in [-0.39, 0.29) is 29.7 Å². The number of hydrogen-bond donors (Lipinski definition) is 1. The Morgan fingerprint density at radius 1 is 1.16 bits per heavy atom. The molecule has 0 saturated heterocycles. The molecular weight excluding hydrogens is 452 g/mol. The van der Waals surface area contributed by atoms with E-state index in [2.05, 4.69) is 15.3 Å². The van der Waals surface area contributed by atoms with Crippen LogP contribution in [0.25, 0.3) is 22.0 Å². The molecule has 0 spiro atoms. The van der Waals surface area contributed by atoms with E-state index in [4.69, 9.17) is 0 Å². The third-order valence-electron chi connectivity index (χ3n) is 4.86. The first-order chi connectivity index (χ1) is 15.0. The molecule has 1 aromatic carbocycles. The number of pyridine rings is 1. The van der Waals surface area contributed by atoms with Gasteiger partial charge in [0.15, 0.2) is 9.84 Å². The van der Waals surface area contributed by atoms with E-state index >= 15 is 0 Å². The Morgan fingerprint density at radius 2 is 1.81 bits per heavy atom. The van der Waals surface area contributed by atoms with Gasteiger partial charge in [-0.15, -0.1) is 0 Å². The summed E-state index contributed by atoms with van der Waals surface area (Å²) in [5.74, 6) is -0.460. The van der Waals surface area contributed by atoms with E-state index in [1.165, 1.54) is 43.2 Å². The van der Waals surface area contributed by atoms with Gasteiger partial charge in [-0.1, -0.05) is 19.1 Å². The molecule has 172 valence electrons. The molecule has 32 heavy (non-hydrogen) atoms. The SMILES string of the molecule is CCC(F)S(=O)(=O)CCNc1ncc(-c2ccc(C(F)(F)F)cc2)c2ncn(C)c(=O)c12. The monoisotopic (exact) mass is 472 g/mol. The summed E-state index contributed by atoms with van der Waals surface area (Å²) in [5, 5.41) is 2.78. The lowest BCUT2D eigenvalue weighted by Gasteiger charge is -2.13. The topological polar surface area (TPSA) is 93.9 Å². The van der Waals surface area contributed by atoms with E-state index in [0.717, 1.165) is 12.1 Å². The van der Waals surface area contributed by atoms with Crippen molar-refractivity contribution in [3.8, 4) is 11.1 Å². The molecule has 2 heterocycles. The van der Waals surface area contributed by atoms with Gasteiger partial charge in [-0.2, -0.15) is 13.2 Å². The largest absolute Gasteiger partial charge is 0.416 e. The van der Waals surface area contributed by atoms with Gasteiger partial charge in [-0.3, -0.25) is 4.79 Å². The smallest absolute Gasteiger partial charge is 0.368 e. The molecule has 2 aromatic heterocycles. The first-order valence-corrected chi connectivity index (χ1v) is 11.3. The Labute approximate surface area is 181 Å². The Morgan fingerprint density at radius 3 is 2.41 bits per heavy atom. The molecule has 12 heteroatoms. The summed E-state index contributed by atoms with van der Waals surface area (Å²) in [6.07, 6.45) is -2.06. The summed E-state index contributed by atoms with van der Waals surface area (Å²) in [6, 6.07) is 4.34. The Balaban J connectivity index is 2.01. The highest BCUT2D eigenvalue weighted by molar-refractivity contribution is 7.91. The van der Waals surface area contributed by atoms with Gasteiger partial charge in [0.05, 0.1) is 23.2 Å². The Hall–Kier alpha value is -3.02. The molecule has 7 nitrogen and oxygen atoms in total. The van der Waals surface area contributed by atoms with Crippen LogP contribution in [0.3, 0.4) is 0 Å². The van der Waals surface area contributed by atoms with Crippen LogP contribution in [0.2, 0.25) is 0 Å². The van der Waals surface area contributed by atoms with Crippen molar-refractivity contribution in [3.05, 3.63) is 52.7 Å². The molecule has 3 rings (SSSR count). The molecule has 1 unspecified atom stereocenters. The summed E-state index contributed by atoms with van der Waals surface area (Å²) in [7, 11) is -2.51. The number of alkyl halides is 4. The van der Waals surface area contributed by atoms with Crippen LogP contribution in [0.15, 0.2) is 41.6 Å². The van der Waals surface area contributed by atoms with Gasteiger partial charge in [0.1, 0.15) is 11.2 Å². The number of aryl methyl sites for hydroxylation is 1. The van der Waals surface area contributed by atoms with Crippen molar-refractivity contribution >= 4 is 26.6 Å². The predicted molar refractivity (Wildman–Crippen MR) is 113 cm³/mol. The van der Waals surface area contributed by atoms with Gasteiger partial charge in [0.25, 0.3) is 5.56 Å². The van der Waals surface area contributed by atoms with E-state index in [1.54, 1.807) is 0 Å². The average Bonchev–Trinajstić information content (AvgIpc) is 2.75. The molecular formula is C20H20F4N4O3S. The second kappa shape index (κ2) is 8.85. The number of nitrogens with zero attached hydrogens (tertiary/aromatic N) is 3. The van der Waals surface area contributed by atoms with Gasteiger partial charge in [-0.25, -0.2) is 22.8 Å². The maximum absolute atomic E-state index is 13.6. The Kier molecular flexibility index (Phi) is 6.54. The number of sulfone groups is 1. The highest BCUT2D eigenvalue weighted by atomic mass is 32.2. The zero-order chi connectivity index (χ0) is 23.7. The number of nitrogens with one attached hydrogen (secondary N) is 1. The van der Waals surface area contributed by atoms with Crippen LogP contribution in [-0.2, 0) is 23.1 Å². The van der Waals surface area contributed by atoms with Crippen LogP contribution in [0.1, 0.15) is 18.9 Å². The molecule has 0 fully saturated rings. The van der Waals surface area contributed by atoms with Crippen LogP contribution in [-0.4, -0.2) is 40.8 Å². The van der Waals surface area contributed by atoms with Crippen molar-refractivity contribution in [2.45, 2.75) is 25.0 Å². The van der Waals surface area contributed by atoms with Crippen molar-refractivity contribution in [1.29, 1.82) is 0 Å². The van der Waals surface area contributed by atoms with Crippen LogP contribution in [0.4, 0.5) is 23.4 Å². The molecule has 0 amide bonds. The molecule has 1 atom stereocenters. The normalized spacial score (nSPS) is 13.3. The Bertz CT molecular complexity index is 1290. The van der Waals surface area contributed by atoms with Gasteiger partial charge < -0.3 is 9.88 Å². The summed E-state index contributed by atoms with van der Waals surface area (Å²) in [5.41, 5.74) is -2.40. The van der Waals surface area contributed by atoms with Crippen LogP contribution >= 0.6 is 0 Å². The highest BCUT2D eigenvalue weighted by Gasteiger charge is 2.30. The zero-order valence-electron chi connectivity index (χ0n) is 17.1. The molecule has 3 aromatic rings. The number of rotatable bonds is 7. The zero-order valence-corrected chi connectivity index (χ0v) is 18.0. The summed E-state index contributed by atoms with van der Waals surface area (Å²) >= 11 is 0. The fourth-order valence-electron chi connectivity index (χ4n) is 3.09. The fraction of sp³-hybridized carbons (Fsp3) is 0.350. The van der Waals surface area contributed by atoms with Gasteiger partial charge in [0.2, 0.25) is 5.50 Å². The number of fused-ring (bicyclic) bond motifs is 1. The quantitative estimate of drug-likeness (QED) is 0.529. The van der Waals surface area contributed by atoms with E-state index in [0.29, 0.717) is 11.1 Å². The minimum Gasteiger partial charge on any atom is -0.368 e. The highest BCUT2D eigenvalue weighted by Crippen LogP contribution is 2.33. The molecule has 0 aliphatic heterocycles. The van der Waals surface area contributed by atoms with E-state index < -0.39 is 38.4 Å². The molecule has 0 aliphatic carbocycles. The number of anilines is 1. The maximum Gasteiger partial charge on any atom is 0.416 e. The lowest BCUT2D eigenvalue weighted by atomic mass is 10.0. The number of halogens is 4. The number of hydrogen-bond acceptors (Lipinski definition) is 6. The van der Waals surface area contributed by atoms with Crippen molar-refractivity contribution in [2.75, 3.05) is 17.6 Å². The summed E-state index contributed by atoms with van der Waals surface area (Å²) in [6.45, 7) is 1.22. The minimum atomic E-state index is -4.49. The summed E-state index contributed by atoms with van der Waals surface area (Å²) < 4.78 is 77.1. The molecule has 0 bridgehead atoms. The van der Waals surface area contributed by atoms with Gasteiger partial charge >= 0.3 is 6.18 Å². The maximum atomic E-state index is 13.6. The average molecular weight is 472 g/mol. The first kappa shape index (κ1) is 23.6. The molecule has 0 radical (unpaired) electrons. The molecule has 0 aliphatic rings.